The van der Waals surface area contributed by atoms with Gasteiger partial charge in [0.05, 0.1) is 11.7 Å². The van der Waals surface area contributed by atoms with Crippen molar-refractivity contribution in [1.82, 2.24) is 0 Å². The zero-order valence-corrected chi connectivity index (χ0v) is 7.75. The average molecular weight is 173 g/mol. The van der Waals surface area contributed by atoms with Crippen molar-refractivity contribution in [2.24, 2.45) is 5.73 Å². The molecule has 12 heavy (non-hydrogen) atoms. The van der Waals surface area contributed by atoms with Gasteiger partial charge in [-0.3, -0.25) is 0 Å². The molecular weight excluding hydrogens is 154 g/mol. The highest BCUT2D eigenvalue weighted by Crippen LogP contribution is 2.28. The van der Waals surface area contributed by atoms with Gasteiger partial charge < -0.3 is 15.6 Å². The topological polar surface area (TPSA) is 55.5 Å². The van der Waals surface area contributed by atoms with Crippen molar-refractivity contribution in [3.8, 4) is 0 Å². The molecule has 1 fully saturated rings. The van der Waals surface area contributed by atoms with E-state index in [9.17, 15) is 5.11 Å². The van der Waals surface area contributed by atoms with E-state index in [1.54, 1.807) is 0 Å². The molecule has 0 saturated carbocycles. The predicted molar refractivity (Wildman–Crippen MR) is 47.9 cm³/mol. The normalized spacial score (nSPS) is 36.8. The molecule has 1 heterocycles. The van der Waals surface area contributed by atoms with E-state index in [1.165, 1.54) is 0 Å². The molecule has 1 saturated heterocycles. The molecule has 0 aromatic heterocycles. The quantitative estimate of drug-likeness (QED) is 0.659. The maximum atomic E-state index is 10.0. The molecule has 0 spiro atoms. The molecule has 3 heteroatoms. The Morgan fingerprint density at radius 1 is 1.67 bits per heavy atom. The second kappa shape index (κ2) is 4.21. The van der Waals surface area contributed by atoms with Crippen LogP contribution in [0.1, 0.15) is 32.6 Å². The standard InChI is InChI=1S/C9H19NO2/c1-2-8-7-9(11,3-5-10)4-6-12-8/h8,11H,2-7,10H2,1H3. The van der Waals surface area contributed by atoms with Gasteiger partial charge in [0.1, 0.15) is 0 Å². The summed E-state index contributed by atoms with van der Waals surface area (Å²) in [5, 5.41) is 10.0. The molecule has 0 aliphatic carbocycles. The number of hydrogen-bond acceptors (Lipinski definition) is 3. The molecule has 0 bridgehead atoms. The van der Waals surface area contributed by atoms with Crippen molar-refractivity contribution in [2.75, 3.05) is 13.2 Å². The third-order valence-corrected chi connectivity index (χ3v) is 2.59. The van der Waals surface area contributed by atoms with Crippen molar-refractivity contribution in [3.63, 3.8) is 0 Å². The summed E-state index contributed by atoms with van der Waals surface area (Å²) in [6.07, 6.45) is 3.40. The summed E-state index contributed by atoms with van der Waals surface area (Å²) in [4.78, 5) is 0. The van der Waals surface area contributed by atoms with E-state index in [0.29, 0.717) is 19.6 Å². The van der Waals surface area contributed by atoms with Gasteiger partial charge in [0.2, 0.25) is 0 Å². The minimum Gasteiger partial charge on any atom is -0.390 e. The maximum absolute atomic E-state index is 10.0. The van der Waals surface area contributed by atoms with Crippen LogP contribution in [-0.2, 0) is 4.74 Å². The lowest BCUT2D eigenvalue weighted by Gasteiger charge is -2.36. The fourth-order valence-electron chi connectivity index (χ4n) is 1.76. The minimum absolute atomic E-state index is 0.232. The third-order valence-electron chi connectivity index (χ3n) is 2.59. The van der Waals surface area contributed by atoms with E-state index in [4.69, 9.17) is 10.5 Å². The van der Waals surface area contributed by atoms with Gasteiger partial charge in [-0.25, -0.2) is 0 Å². The van der Waals surface area contributed by atoms with Gasteiger partial charge in [-0.2, -0.15) is 0 Å². The third kappa shape index (κ3) is 2.44. The molecule has 0 amide bonds. The average Bonchev–Trinajstić information content (AvgIpc) is 2.04. The Bertz CT molecular complexity index is 136. The smallest absolute Gasteiger partial charge is 0.0706 e. The summed E-state index contributed by atoms with van der Waals surface area (Å²) in [6.45, 7) is 3.32. The van der Waals surface area contributed by atoms with Crippen LogP contribution in [0.2, 0.25) is 0 Å². The molecular formula is C9H19NO2. The Hall–Kier alpha value is -0.120. The van der Waals surface area contributed by atoms with E-state index in [2.05, 4.69) is 6.92 Å². The van der Waals surface area contributed by atoms with Gasteiger partial charge >= 0.3 is 0 Å². The first-order valence-electron chi connectivity index (χ1n) is 4.74. The molecule has 72 valence electrons. The molecule has 3 nitrogen and oxygen atoms in total. The Labute approximate surface area is 73.9 Å². The first-order valence-corrected chi connectivity index (χ1v) is 4.74. The fourth-order valence-corrected chi connectivity index (χ4v) is 1.76. The van der Waals surface area contributed by atoms with Crippen LogP contribution in [0.3, 0.4) is 0 Å². The van der Waals surface area contributed by atoms with Gasteiger partial charge in [-0.15, -0.1) is 0 Å². The first-order chi connectivity index (χ1) is 5.70. The molecule has 3 N–H and O–H groups in total. The Morgan fingerprint density at radius 2 is 2.42 bits per heavy atom. The highest BCUT2D eigenvalue weighted by Gasteiger charge is 2.33. The first kappa shape index (κ1) is 9.96. The number of hydrogen-bond donors (Lipinski definition) is 2. The summed E-state index contributed by atoms with van der Waals surface area (Å²) in [6, 6.07) is 0. The second-order valence-electron chi connectivity index (χ2n) is 3.62. The van der Waals surface area contributed by atoms with Crippen LogP contribution < -0.4 is 5.73 Å². The highest BCUT2D eigenvalue weighted by molar-refractivity contribution is 4.85. The van der Waals surface area contributed by atoms with Gasteiger partial charge in [0.25, 0.3) is 0 Å². The summed E-state index contributed by atoms with van der Waals surface area (Å²) in [5.74, 6) is 0. The summed E-state index contributed by atoms with van der Waals surface area (Å²) in [7, 11) is 0. The van der Waals surface area contributed by atoms with Gasteiger partial charge in [0.15, 0.2) is 0 Å². The largest absolute Gasteiger partial charge is 0.390 e. The van der Waals surface area contributed by atoms with E-state index in [-0.39, 0.29) is 6.10 Å². The SMILES string of the molecule is CCC1CC(O)(CCN)CCO1. The van der Waals surface area contributed by atoms with Crippen molar-refractivity contribution >= 4 is 0 Å². The van der Waals surface area contributed by atoms with E-state index < -0.39 is 5.60 Å². The lowest BCUT2D eigenvalue weighted by molar-refractivity contribution is -0.106. The maximum Gasteiger partial charge on any atom is 0.0706 e. The number of aliphatic hydroxyl groups is 1. The number of nitrogens with two attached hydrogens (primary N) is 1. The van der Waals surface area contributed by atoms with Gasteiger partial charge in [-0.1, -0.05) is 6.92 Å². The number of ether oxygens (including phenoxy) is 1. The lowest BCUT2D eigenvalue weighted by atomic mass is 9.87. The van der Waals surface area contributed by atoms with Crippen LogP contribution in [0.5, 0.6) is 0 Å². The molecule has 0 radical (unpaired) electrons. The van der Waals surface area contributed by atoms with Crippen LogP contribution in [0, 0.1) is 0 Å². The van der Waals surface area contributed by atoms with E-state index in [1.807, 2.05) is 0 Å². The monoisotopic (exact) mass is 173 g/mol. The van der Waals surface area contributed by atoms with E-state index >= 15 is 0 Å². The van der Waals surface area contributed by atoms with Crippen LogP contribution in [0.25, 0.3) is 0 Å². The van der Waals surface area contributed by atoms with Crippen molar-refractivity contribution in [3.05, 3.63) is 0 Å². The molecule has 0 aromatic rings. The molecule has 1 aliphatic heterocycles. The Kier molecular flexibility index (Phi) is 3.50. The summed E-state index contributed by atoms with van der Waals surface area (Å²) in [5.41, 5.74) is 4.88. The zero-order valence-electron chi connectivity index (χ0n) is 7.75. The molecule has 0 aromatic carbocycles. The van der Waals surface area contributed by atoms with Crippen molar-refractivity contribution in [2.45, 2.75) is 44.3 Å². The summed E-state index contributed by atoms with van der Waals surface area (Å²) >= 11 is 0. The molecule has 2 unspecified atom stereocenters. The second-order valence-corrected chi connectivity index (χ2v) is 3.62. The highest BCUT2D eigenvalue weighted by atomic mass is 16.5. The molecule has 1 rings (SSSR count). The predicted octanol–water partition coefficient (Wildman–Crippen LogP) is 0.655. The minimum atomic E-state index is -0.548. The van der Waals surface area contributed by atoms with Crippen LogP contribution in [0.4, 0.5) is 0 Å². The van der Waals surface area contributed by atoms with Crippen LogP contribution in [-0.4, -0.2) is 30.0 Å². The fraction of sp³-hybridized carbons (Fsp3) is 1.00. The molecule has 2 atom stereocenters. The van der Waals surface area contributed by atoms with Gasteiger partial charge in [0, 0.05) is 13.0 Å². The van der Waals surface area contributed by atoms with Crippen LogP contribution >= 0.6 is 0 Å². The van der Waals surface area contributed by atoms with E-state index in [0.717, 1.165) is 19.3 Å². The molecule has 1 aliphatic rings. The van der Waals surface area contributed by atoms with Crippen LogP contribution in [0.15, 0.2) is 0 Å². The van der Waals surface area contributed by atoms with Gasteiger partial charge in [-0.05, 0) is 25.8 Å². The van der Waals surface area contributed by atoms with Crippen molar-refractivity contribution in [1.29, 1.82) is 0 Å². The Balaban J connectivity index is 2.43. The Morgan fingerprint density at radius 3 is 3.00 bits per heavy atom. The zero-order chi connectivity index (χ0) is 9.03. The summed E-state index contributed by atoms with van der Waals surface area (Å²) < 4.78 is 5.47. The lowest BCUT2D eigenvalue weighted by Crippen LogP contribution is -2.42. The van der Waals surface area contributed by atoms with Crippen molar-refractivity contribution < 1.29 is 9.84 Å². The number of rotatable bonds is 3.